The van der Waals surface area contributed by atoms with Crippen LogP contribution in [0.5, 0.6) is 0 Å². The van der Waals surface area contributed by atoms with Crippen LogP contribution in [0.4, 0.5) is 5.69 Å². The first kappa shape index (κ1) is 12.8. The van der Waals surface area contributed by atoms with E-state index < -0.39 is 5.97 Å². The van der Waals surface area contributed by atoms with E-state index in [0.717, 1.165) is 0 Å². The van der Waals surface area contributed by atoms with Gasteiger partial charge in [0.05, 0.1) is 17.4 Å². The van der Waals surface area contributed by atoms with E-state index in [9.17, 15) is 9.59 Å². The number of amides is 1. The van der Waals surface area contributed by atoms with Crippen molar-refractivity contribution in [3.63, 3.8) is 0 Å². The Balaban J connectivity index is 2.40. The fourth-order valence-electron chi connectivity index (χ4n) is 1.74. The fourth-order valence-corrected chi connectivity index (χ4v) is 1.74. The molecule has 0 aliphatic rings. The molecule has 2 aromatic rings. The van der Waals surface area contributed by atoms with E-state index in [1.165, 1.54) is 24.2 Å². The number of aromatic carboxylic acids is 1. The number of carboxylic acids is 1. The summed E-state index contributed by atoms with van der Waals surface area (Å²) in [5.74, 6) is -1.06. The number of para-hydroxylation sites is 1. The molecule has 0 bridgehead atoms. The Hall–Kier alpha value is -2.63. The number of hydrogen-bond donors (Lipinski definition) is 1. The highest BCUT2D eigenvalue weighted by Crippen LogP contribution is 2.21. The van der Waals surface area contributed by atoms with Crippen molar-refractivity contribution in [3.05, 3.63) is 47.3 Å². The van der Waals surface area contributed by atoms with Crippen LogP contribution in [0.2, 0.25) is 0 Å². The molecule has 98 valence electrons. The topological polar surface area (TPSA) is 83.6 Å². The summed E-state index contributed by atoms with van der Waals surface area (Å²) in [6, 6.07) is 6.30. The van der Waals surface area contributed by atoms with Gasteiger partial charge in [0.1, 0.15) is 11.3 Å². The number of benzene rings is 1. The normalized spacial score (nSPS) is 10.2. The molecule has 0 fully saturated rings. The van der Waals surface area contributed by atoms with E-state index in [4.69, 9.17) is 9.63 Å². The van der Waals surface area contributed by atoms with Gasteiger partial charge in [-0.2, -0.15) is 0 Å². The Kier molecular flexibility index (Phi) is 3.33. The molecule has 1 amide bonds. The van der Waals surface area contributed by atoms with Gasteiger partial charge in [-0.25, -0.2) is 4.79 Å². The van der Waals surface area contributed by atoms with Gasteiger partial charge in [0.25, 0.3) is 5.91 Å². The zero-order valence-corrected chi connectivity index (χ0v) is 10.5. The predicted octanol–water partition coefficient (Wildman–Crippen LogP) is 1.96. The molecule has 0 saturated carbocycles. The largest absolute Gasteiger partial charge is 0.478 e. The van der Waals surface area contributed by atoms with Gasteiger partial charge in [0, 0.05) is 7.05 Å². The Morgan fingerprint density at radius 2 is 1.95 bits per heavy atom. The summed E-state index contributed by atoms with van der Waals surface area (Å²) in [5.41, 5.74) is 0.691. The molecule has 0 aliphatic carbocycles. The van der Waals surface area contributed by atoms with Crippen LogP contribution < -0.4 is 4.90 Å². The van der Waals surface area contributed by atoms with Crippen molar-refractivity contribution in [2.24, 2.45) is 0 Å². The van der Waals surface area contributed by atoms with Gasteiger partial charge in [-0.05, 0) is 19.1 Å². The molecule has 6 nitrogen and oxygen atoms in total. The maximum absolute atomic E-state index is 12.2. The Morgan fingerprint density at radius 1 is 1.26 bits per heavy atom. The number of anilines is 1. The Bertz CT molecular complexity index is 633. The van der Waals surface area contributed by atoms with Crippen LogP contribution in [0.3, 0.4) is 0 Å². The van der Waals surface area contributed by atoms with E-state index in [2.05, 4.69) is 5.16 Å². The molecule has 0 atom stereocenters. The second-order valence-corrected chi connectivity index (χ2v) is 3.98. The number of nitrogens with zero attached hydrogens (tertiary/aromatic N) is 2. The lowest BCUT2D eigenvalue weighted by molar-refractivity contribution is 0.0697. The second-order valence-electron chi connectivity index (χ2n) is 3.98. The van der Waals surface area contributed by atoms with E-state index in [1.807, 2.05) is 0 Å². The van der Waals surface area contributed by atoms with Crippen LogP contribution in [0.1, 0.15) is 26.5 Å². The minimum Gasteiger partial charge on any atom is -0.478 e. The first-order valence-corrected chi connectivity index (χ1v) is 5.54. The minimum absolute atomic E-state index is 0.0625. The molecule has 0 aliphatic heterocycles. The summed E-state index contributed by atoms with van der Waals surface area (Å²) >= 11 is 0. The van der Waals surface area contributed by atoms with Gasteiger partial charge >= 0.3 is 5.97 Å². The maximum atomic E-state index is 12.2. The third kappa shape index (κ3) is 2.33. The molecular formula is C13H12N2O4. The van der Waals surface area contributed by atoms with Crippen LogP contribution in [0.15, 0.2) is 35.0 Å². The zero-order valence-electron chi connectivity index (χ0n) is 10.5. The van der Waals surface area contributed by atoms with Crippen molar-refractivity contribution in [1.29, 1.82) is 0 Å². The Labute approximate surface area is 109 Å². The van der Waals surface area contributed by atoms with Crippen LogP contribution >= 0.6 is 0 Å². The number of carbonyl (C=O) groups is 2. The first-order chi connectivity index (χ1) is 9.02. The van der Waals surface area contributed by atoms with Gasteiger partial charge in [0.2, 0.25) is 0 Å². The van der Waals surface area contributed by atoms with E-state index in [-0.39, 0.29) is 11.5 Å². The predicted molar refractivity (Wildman–Crippen MR) is 67.4 cm³/mol. The molecule has 0 unspecified atom stereocenters. The molecule has 1 heterocycles. The molecule has 1 N–H and O–H groups in total. The van der Waals surface area contributed by atoms with Crippen LogP contribution in [-0.2, 0) is 0 Å². The van der Waals surface area contributed by atoms with Gasteiger partial charge in [0.15, 0.2) is 0 Å². The lowest BCUT2D eigenvalue weighted by atomic mass is 10.1. The summed E-state index contributed by atoms with van der Waals surface area (Å²) in [4.78, 5) is 24.6. The molecule has 19 heavy (non-hydrogen) atoms. The summed E-state index contributed by atoms with van der Waals surface area (Å²) in [6.45, 7) is 1.62. The van der Waals surface area contributed by atoms with Crippen molar-refractivity contribution in [2.75, 3.05) is 11.9 Å². The Morgan fingerprint density at radius 3 is 2.53 bits per heavy atom. The molecule has 1 aromatic heterocycles. The summed E-state index contributed by atoms with van der Waals surface area (Å²) in [7, 11) is 1.51. The van der Waals surface area contributed by atoms with Crippen molar-refractivity contribution in [3.8, 4) is 0 Å². The van der Waals surface area contributed by atoms with E-state index in [0.29, 0.717) is 17.0 Å². The molecule has 6 heteroatoms. The average molecular weight is 260 g/mol. The number of carboxylic acid groups (broad SMARTS) is 1. The number of hydrogen-bond acceptors (Lipinski definition) is 4. The number of aromatic nitrogens is 1. The summed E-state index contributed by atoms with van der Waals surface area (Å²) in [5, 5.41) is 12.7. The molecule has 1 aromatic carbocycles. The fraction of sp³-hybridized carbons (Fsp3) is 0.154. The molecule has 2 rings (SSSR count). The number of aryl methyl sites for hydroxylation is 1. The SMILES string of the molecule is Cc1oncc1C(=O)N(C)c1ccccc1C(=O)O. The van der Waals surface area contributed by atoms with Crippen molar-refractivity contribution in [2.45, 2.75) is 6.92 Å². The van der Waals surface area contributed by atoms with Gasteiger partial charge < -0.3 is 14.5 Å². The van der Waals surface area contributed by atoms with Crippen molar-refractivity contribution >= 4 is 17.6 Å². The lowest BCUT2D eigenvalue weighted by Gasteiger charge is -2.18. The average Bonchev–Trinajstić information content (AvgIpc) is 2.83. The van der Waals surface area contributed by atoms with E-state index in [1.54, 1.807) is 25.1 Å². The maximum Gasteiger partial charge on any atom is 0.337 e. The smallest absolute Gasteiger partial charge is 0.337 e. The van der Waals surface area contributed by atoms with Gasteiger partial charge in [-0.1, -0.05) is 17.3 Å². The molecule has 0 radical (unpaired) electrons. The van der Waals surface area contributed by atoms with Crippen LogP contribution in [0.25, 0.3) is 0 Å². The van der Waals surface area contributed by atoms with Crippen molar-refractivity contribution < 1.29 is 19.2 Å². The van der Waals surface area contributed by atoms with Crippen LogP contribution in [0, 0.1) is 6.92 Å². The molecular weight excluding hydrogens is 248 g/mol. The van der Waals surface area contributed by atoms with Gasteiger partial charge in [-0.15, -0.1) is 0 Å². The zero-order chi connectivity index (χ0) is 14.0. The van der Waals surface area contributed by atoms with E-state index >= 15 is 0 Å². The highest BCUT2D eigenvalue weighted by atomic mass is 16.5. The quantitative estimate of drug-likeness (QED) is 0.911. The molecule has 0 spiro atoms. The third-order valence-electron chi connectivity index (χ3n) is 2.78. The highest BCUT2D eigenvalue weighted by molar-refractivity contribution is 6.09. The third-order valence-corrected chi connectivity index (χ3v) is 2.78. The minimum atomic E-state index is -1.09. The lowest BCUT2D eigenvalue weighted by Crippen LogP contribution is -2.28. The highest BCUT2D eigenvalue weighted by Gasteiger charge is 2.22. The number of carbonyl (C=O) groups excluding carboxylic acids is 1. The summed E-state index contributed by atoms with van der Waals surface area (Å²) in [6.07, 6.45) is 1.32. The van der Waals surface area contributed by atoms with Crippen molar-refractivity contribution in [1.82, 2.24) is 5.16 Å². The number of rotatable bonds is 3. The molecule has 0 saturated heterocycles. The van der Waals surface area contributed by atoms with Gasteiger partial charge in [-0.3, -0.25) is 4.79 Å². The van der Waals surface area contributed by atoms with Crippen LogP contribution in [-0.4, -0.2) is 29.2 Å². The monoisotopic (exact) mass is 260 g/mol. The second kappa shape index (κ2) is 4.93. The standard InChI is InChI=1S/C13H12N2O4/c1-8-10(7-14-19-8)12(16)15(2)11-6-4-3-5-9(11)13(17)18/h3-7H,1-2H3,(H,17,18). The first-order valence-electron chi connectivity index (χ1n) is 5.54. The summed E-state index contributed by atoms with van der Waals surface area (Å²) < 4.78 is 4.84.